The molecule has 0 radical (unpaired) electrons. The molecule has 6 nitrogen and oxygen atoms in total. The van der Waals surface area contributed by atoms with Crippen molar-refractivity contribution in [1.29, 1.82) is 0 Å². The summed E-state index contributed by atoms with van der Waals surface area (Å²) < 4.78 is 0. The Kier molecular flexibility index (Phi) is 4.92. The third-order valence-electron chi connectivity index (χ3n) is 4.22. The lowest BCUT2D eigenvalue weighted by Gasteiger charge is -2.33. The van der Waals surface area contributed by atoms with Gasteiger partial charge in [0.25, 0.3) is 0 Å². The largest absolute Gasteiger partial charge is 0.323 e. The summed E-state index contributed by atoms with van der Waals surface area (Å²) in [5.74, 6) is -0.237. The van der Waals surface area contributed by atoms with Gasteiger partial charge in [-0.2, -0.15) is 0 Å². The maximum atomic E-state index is 12.9. The zero-order valence-electron chi connectivity index (χ0n) is 13.7. The van der Waals surface area contributed by atoms with Crippen LogP contribution in [0.1, 0.15) is 11.9 Å². The van der Waals surface area contributed by atoms with Crippen molar-refractivity contribution >= 4 is 34.5 Å². The number of likely N-dealkylation sites (N-methyl/N-ethyl adjacent to an activating group) is 1. The highest BCUT2D eigenvalue weighted by atomic mass is 32.1. The van der Waals surface area contributed by atoms with Crippen LogP contribution in [-0.2, 0) is 16.0 Å². The molecule has 1 aliphatic heterocycles. The average molecular weight is 344 g/mol. The second-order valence-electron chi connectivity index (χ2n) is 5.82. The number of benzene rings is 1. The van der Waals surface area contributed by atoms with Crippen molar-refractivity contribution in [3.63, 3.8) is 0 Å². The summed E-state index contributed by atoms with van der Waals surface area (Å²) in [5, 5.41) is 5.81. The quantitative estimate of drug-likeness (QED) is 0.901. The zero-order chi connectivity index (χ0) is 17.1. The van der Waals surface area contributed by atoms with Crippen molar-refractivity contribution < 1.29 is 9.59 Å². The van der Waals surface area contributed by atoms with Gasteiger partial charge in [-0.15, -0.1) is 11.3 Å². The minimum atomic E-state index is -0.316. The number of nitrogens with one attached hydrogen (secondary N) is 1. The zero-order valence-corrected chi connectivity index (χ0v) is 14.5. The van der Waals surface area contributed by atoms with E-state index in [1.165, 1.54) is 0 Å². The van der Waals surface area contributed by atoms with E-state index >= 15 is 0 Å². The lowest BCUT2D eigenvalue weighted by molar-refractivity contribution is -0.125. The Bertz CT molecular complexity index is 732. The highest BCUT2D eigenvalue weighted by molar-refractivity contribution is 7.09. The SMILES string of the molecule is CC(C(=O)N1CC(=O)Nc2ccccc21)N(C)CCc1nccs1. The van der Waals surface area contributed by atoms with Crippen LogP contribution in [0.2, 0.25) is 0 Å². The van der Waals surface area contributed by atoms with Crippen LogP contribution in [0.25, 0.3) is 0 Å². The number of carbonyl (C=O) groups is 2. The van der Waals surface area contributed by atoms with E-state index < -0.39 is 0 Å². The first-order valence-corrected chi connectivity index (χ1v) is 8.73. The topological polar surface area (TPSA) is 65.5 Å². The van der Waals surface area contributed by atoms with Crippen molar-refractivity contribution in [2.75, 3.05) is 30.4 Å². The number of nitrogens with zero attached hydrogens (tertiary/aromatic N) is 3. The van der Waals surface area contributed by atoms with Crippen molar-refractivity contribution in [2.24, 2.45) is 0 Å². The number of carbonyl (C=O) groups excluding carboxylic acids is 2. The smallest absolute Gasteiger partial charge is 0.244 e. The normalized spacial score (nSPS) is 15.1. The molecule has 1 aliphatic rings. The molecule has 2 amide bonds. The predicted octanol–water partition coefficient (Wildman–Crippen LogP) is 1.99. The maximum Gasteiger partial charge on any atom is 0.244 e. The standard InChI is InChI=1S/C17H20N4O2S/c1-12(20(2)9-7-16-18-8-10-24-16)17(23)21-11-15(22)19-13-5-3-4-6-14(13)21/h3-6,8,10,12H,7,9,11H2,1-2H3,(H,19,22). The first kappa shape index (κ1) is 16.6. The van der Waals surface area contributed by atoms with Gasteiger partial charge in [-0.25, -0.2) is 4.98 Å². The molecule has 0 spiro atoms. The van der Waals surface area contributed by atoms with E-state index in [2.05, 4.69) is 10.3 Å². The Labute approximate surface area is 145 Å². The van der Waals surface area contributed by atoms with Gasteiger partial charge in [0.1, 0.15) is 6.54 Å². The lowest BCUT2D eigenvalue weighted by atomic mass is 10.1. The van der Waals surface area contributed by atoms with Gasteiger partial charge in [0.15, 0.2) is 0 Å². The molecule has 7 heteroatoms. The molecule has 1 aromatic heterocycles. The molecule has 2 heterocycles. The fourth-order valence-corrected chi connectivity index (χ4v) is 3.30. The van der Waals surface area contributed by atoms with Crippen molar-refractivity contribution in [1.82, 2.24) is 9.88 Å². The maximum absolute atomic E-state index is 12.9. The number of fused-ring (bicyclic) bond motifs is 1. The number of hydrogen-bond donors (Lipinski definition) is 1. The van der Waals surface area contributed by atoms with E-state index in [-0.39, 0.29) is 24.4 Å². The number of thiazole rings is 1. The third kappa shape index (κ3) is 3.47. The molecular weight excluding hydrogens is 324 g/mol. The Hall–Kier alpha value is -2.25. The molecule has 3 rings (SSSR count). The van der Waals surface area contributed by atoms with Crippen LogP contribution < -0.4 is 10.2 Å². The van der Waals surface area contributed by atoms with Crippen LogP contribution in [0.15, 0.2) is 35.8 Å². The Morgan fingerprint density at radius 1 is 1.46 bits per heavy atom. The summed E-state index contributed by atoms with van der Waals surface area (Å²) in [6.07, 6.45) is 2.60. The molecule has 1 N–H and O–H groups in total. The van der Waals surface area contributed by atoms with E-state index in [1.54, 1.807) is 22.4 Å². The highest BCUT2D eigenvalue weighted by Crippen LogP contribution is 2.29. The van der Waals surface area contributed by atoms with Crippen LogP contribution in [0.4, 0.5) is 11.4 Å². The number of para-hydroxylation sites is 2. The molecule has 126 valence electrons. The van der Waals surface area contributed by atoms with Crippen LogP contribution in [0, 0.1) is 0 Å². The molecule has 24 heavy (non-hydrogen) atoms. The van der Waals surface area contributed by atoms with E-state index in [9.17, 15) is 9.59 Å². The molecule has 2 aromatic rings. The van der Waals surface area contributed by atoms with Gasteiger partial charge in [0, 0.05) is 24.5 Å². The van der Waals surface area contributed by atoms with Gasteiger partial charge in [0.05, 0.1) is 22.4 Å². The van der Waals surface area contributed by atoms with Crippen LogP contribution in [0.3, 0.4) is 0 Å². The minimum Gasteiger partial charge on any atom is -0.323 e. The van der Waals surface area contributed by atoms with Crippen LogP contribution in [0.5, 0.6) is 0 Å². The second kappa shape index (κ2) is 7.11. The third-order valence-corrected chi connectivity index (χ3v) is 5.06. The number of amides is 2. The molecule has 1 atom stereocenters. The van der Waals surface area contributed by atoms with E-state index in [1.807, 2.05) is 48.5 Å². The molecular formula is C17H20N4O2S. The molecule has 0 aliphatic carbocycles. The molecule has 0 saturated heterocycles. The van der Waals surface area contributed by atoms with Gasteiger partial charge in [0.2, 0.25) is 11.8 Å². The van der Waals surface area contributed by atoms with Gasteiger partial charge < -0.3 is 5.32 Å². The molecule has 0 bridgehead atoms. The minimum absolute atomic E-state index is 0.0561. The molecule has 1 unspecified atom stereocenters. The summed E-state index contributed by atoms with van der Waals surface area (Å²) in [7, 11) is 1.92. The average Bonchev–Trinajstić information content (AvgIpc) is 3.11. The summed E-state index contributed by atoms with van der Waals surface area (Å²) in [6, 6.07) is 7.06. The number of anilines is 2. The Morgan fingerprint density at radius 3 is 3.00 bits per heavy atom. The highest BCUT2D eigenvalue weighted by Gasteiger charge is 2.31. The fourth-order valence-electron chi connectivity index (χ4n) is 2.69. The number of aromatic nitrogens is 1. The fraction of sp³-hybridized carbons (Fsp3) is 0.353. The van der Waals surface area contributed by atoms with Gasteiger partial charge in [-0.3, -0.25) is 19.4 Å². The number of rotatable bonds is 5. The lowest BCUT2D eigenvalue weighted by Crippen LogP contribution is -2.50. The van der Waals surface area contributed by atoms with Crippen molar-refractivity contribution in [3.8, 4) is 0 Å². The summed E-state index contributed by atoms with van der Waals surface area (Å²) >= 11 is 1.62. The van der Waals surface area contributed by atoms with Crippen molar-refractivity contribution in [2.45, 2.75) is 19.4 Å². The van der Waals surface area contributed by atoms with Crippen LogP contribution >= 0.6 is 11.3 Å². The summed E-state index contributed by atoms with van der Waals surface area (Å²) in [6.45, 7) is 2.67. The van der Waals surface area contributed by atoms with E-state index in [0.29, 0.717) is 5.69 Å². The summed E-state index contributed by atoms with van der Waals surface area (Å²) in [4.78, 5) is 32.6. The molecule has 0 fully saturated rings. The molecule has 0 saturated carbocycles. The second-order valence-corrected chi connectivity index (χ2v) is 6.80. The monoisotopic (exact) mass is 344 g/mol. The first-order valence-electron chi connectivity index (χ1n) is 7.85. The van der Waals surface area contributed by atoms with Gasteiger partial charge in [-0.05, 0) is 26.1 Å². The van der Waals surface area contributed by atoms with Gasteiger partial charge >= 0.3 is 0 Å². The van der Waals surface area contributed by atoms with E-state index in [4.69, 9.17) is 0 Å². The summed E-state index contributed by atoms with van der Waals surface area (Å²) in [5.41, 5.74) is 1.43. The first-order chi connectivity index (χ1) is 11.6. The van der Waals surface area contributed by atoms with Crippen LogP contribution in [-0.4, -0.2) is 47.9 Å². The van der Waals surface area contributed by atoms with E-state index in [0.717, 1.165) is 23.7 Å². The van der Waals surface area contributed by atoms with Gasteiger partial charge in [-0.1, -0.05) is 12.1 Å². The van der Waals surface area contributed by atoms with Crippen molar-refractivity contribution in [3.05, 3.63) is 40.8 Å². The molecule has 1 aromatic carbocycles. The Morgan fingerprint density at radius 2 is 2.25 bits per heavy atom. The number of hydrogen-bond acceptors (Lipinski definition) is 5. The predicted molar refractivity (Wildman–Crippen MR) is 95.3 cm³/mol. The Balaban J connectivity index is 1.70.